The Labute approximate surface area is 126 Å². The normalized spacial score (nSPS) is 12.6. The molecule has 0 amide bonds. The molecule has 2 N–H and O–H groups in total. The van der Waals surface area contributed by atoms with Gasteiger partial charge >= 0.3 is 0 Å². The van der Waals surface area contributed by atoms with Crippen LogP contribution < -0.4 is 5.32 Å². The maximum absolute atomic E-state index is 10.1. The van der Waals surface area contributed by atoms with E-state index in [2.05, 4.69) is 10.3 Å². The van der Waals surface area contributed by atoms with Crippen molar-refractivity contribution in [2.45, 2.75) is 19.6 Å². The molecule has 0 aliphatic heterocycles. The van der Waals surface area contributed by atoms with Gasteiger partial charge in [0.15, 0.2) is 0 Å². The van der Waals surface area contributed by atoms with Crippen molar-refractivity contribution in [1.82, 2.24) is 10.3 Å². The average molecular weight is 317 g/mol. The fourth-order valence-electron chi connectivity index (χ4n) is 1.69. The average Bonchev–Trinajstić information content (AvgIpc) is 2.73. The van der Waals surface area contributed by atoms with Gasteiger partial charge in [0.25, 0.3) is 0 Å². The van der Waals surface area contributed by atoms with E-state index in [4.69, 9.17) is 23.2 Å². The summed E-state index contributed by atoms with van der Waals surface area (Å²) in [5, 5.41) is 17.3. The lowest BCUT2D eigenvalue weighted by Crippen LogP contribution is -2.21. The zero-order valence-corrected chi connectivity index (χ0v) is 12.7. The molecule has 1 aromatic carbocycles. The molecule has 0 saturated carbocycles. The molecule has 0 aliphatic carbocycles. The number of benzene rings is 1. The minimum Gasteiger partial charge on any atom is -0.387 e. The molecule has 102 valence electrons. The topological polar surface area (TPSA) is 45.1 Å². The third-order valence-corrected chi connectivity index (χ3v) is 3.95. The van der Waals surface area contributed by atoms with Gasteiger partial charge in [0.05, 0.1) is 6.10 Å². The molecule has 0 aliphatic rings. The first kappa shape index (κ1) is 14.8. The van der Waals surface area contributed by atoms with Crippen molar-refractivity contribution in [2.24, 2.45) is 0 Å². The SMILES string of the molecule is Cc1csc(CNCC(O)c2cc(Cl)cc(Cl)c2)n1. The smallest absolute Gasteiger partial charge is 0.107 e. The highest BCUT2D eigenvalue weighted by molar-refractivity contribution is 7.09. The molecule has 1 unspecified atom stereocenters. The van der Waals surface area contributed by atoms with Crippen LogP contribution in [-0.4, -0.2) is 16.6 Å². The fourth-order valence-corrected chi connectivity index (χ4v) is 2.97. The number of aryl methyl sites for hydroxylation is 1. The minimum atomic E-state index is -0.641. The van der Waals surface area contributed by atoms with Crippen LogP contribution in [0.1, 0.15) is 22.4 Å². The van der Waals surface area contributed by atoms with Gasteiger partial charge < -0.3 is 10.4 Å². The van der Waals surface area contributed by atoms with Gasteiger partial charge in [-0.1, -0.05) is 23.2 Å². The second kappa shape index (κ2) is 6.68. The van der Waals surface area contributed by atoms with E-state index < -0.39 is 6.10 Å². The molecule has 6 heteroatoms. The van der Waals surface area contributed by atoms with Crippen LogP contribution in [0.3, 0.4) is 0 Å². The highest BCUT2D eigenvalue weighted by atomic mass is 35.5. The minimum absolute atomic E-state index is 0.426. The first-order valence-electron chi connectivity index (χ1n) is 5.80. The van der Waals surface area contributed by atoms with Gasteiger partial charge in [0, 0.05) is 34.2 Å². The van der Waals surface area contributed by atoms with Crippen LogP contribution in [0.15, 0.2) is 23.6 Å². The van der Waals surface area contributed by atoms with Gasteiger partial charge in [0.2, 0.25) is 0 Å². The highest BCUT2D eigenvalue weighted by Crippen LogP contribution is 2.23. The number of hydrogen-bond donors (Lipinski definition) is 2. The second-order valence-corrected chi connectivity index (χ2v) is 6.05. The lowest BCUT2D eigenvalue weighted by Gasteiger charge is -2.12. The van der Waals surface area contributed by atoms with Crippen LogP contribution in [0.5, 0.6) is 0 Å². The Balaban J connectivity index is 1.88. The van der Waals surface area contributed by atoms with Gasteiger partial charge in [-0.15, -0.1) is 11.3 Å². The summed E-state index contributed by atoms with van der Waals surface area (Å²) >= 11 is 13.4. The Kier molecular flexibility index (Phi) is 5.19. The Morgan fingerprint density at radius 3 is 2.58 bits per heavy atom. The van der Waals surface area contributed by atoms with Gasteiger partial charge in [0.1, 0.15) is 5.01 Å². The summed E-state index contributed by atoms with van der Waals surface area (Å²) in [6.07, 6.45) is -0.641. The Morgan fingerprint density at radius 2 is 2.00 bits per heavy atom. The van der Waals surface area contributed by atoms with E-state index >= 15 is 0 Å². The molecule has 1 atom stereocenters. The number of hydrogen-bond acceptors (Lipinski definition) is 4. The quantitative estimate of drug-likeness (QED) is 0.886. The number of nitrogens with one attached hydrogen (secondary N) is 1. The zero-order chi connectivity index (χ0) is 13.8. The predicted octanol–water partition coefficient (Wildman–Crippen LogP) is 3.58. The molecule has 3 nitrogen and oxygen atoms in total. The van der Waals surface area contributed by atoms with Crippen molar-refractivity contribution in [1.29, 1.82) is 0 Å². The fraction of sp³-hybridized carbons (Fsp3) is 0.308. The van der Waals surface area contributed by atoms with Crippen LogP contribution in [-0.2, 0) is 6.54 Å². The van der Waals surface area contributed by atoms with E-state index in [-0.39, 0.29) is 0 Å². The molecule has 0 spiro atoms. The lowest BCUT2D eigenvalue weighted by molar-refractivity contribution is 0.174. The molecule has 2 aromatic rings. The van der Waals surface area contributed by atoms with E-state index in [1.165, 1.54) is 0 Å². The largest absolute Gasteiger partial charge is 0.387 e. The van der Waals surface area contributed by atoms with Gasteiger partial charge in [-0.2, -0.15) is 0 Å². The third kappa shape index (κ3) is 4.44. The van der Waals surface area contributed by atoms with Crippen molar-refractivity contribution < 1.29 is 5.11 Å². The Hall–Kier alpha value is -0.650. The first-order chi connectivity index (χ1) is 9.04. The molecule has 1 heterocycles. The van der Waals surface area contributed by atoms with E-state index in [0.717, 1.165) is 10.7 Å². The number of aliphatic hydroxyl groups is 1. The Morgan fingerprint density at radius 1 is 1.32 bits per heavy atom. The second-order valence-electron chi connectivity index (χ2n) is 4.23. The maximum atomic E-state index is 10.1. The van der Waals surface area contributed by atoms with E-state index in [1.54, 1.807) is 29.5 Å². The third-order valence-electron chi connectivity index (χ3n) is 2.55. The predicted molar refractivity (Wildman–Crippen MR) is 80.0 cm³/mol. The van der Waals surface area contributed by atoms with Crippen molar-refractivity contribution >= 4 is 34.5 Å². The van der Waals surface area contributed by atoms with E-state index in [0.29, 0.717) is 28.7 Å². The highest BCUT2D eigenvalue weighted by Gasteiger charge is 2.09. The molecular formula is C13H14Cl2N2OS. The number of aliphatic hydroxyl groups excluding tert-OH is 1. The lowest BCUT2D eigenvalue weighted by atomic mass is 10.1. The number of nitrogens with zero attached hydrogens (tertiary/aromatic N) is 1. The first-order valence-corrected chi connectivity index (χ1v) is 7.44. The summed E-state index contributed by atoms with van der Waals surface area (Å²) in [7, 11) is 0. The monoisotopic (exact) mass is 316 g/mol. The van der Waals surface area contributed by atoms with Crippen LogP contribution >= 0.6 is 34.5 Å². The van der Waals surface area contributed by atoms with Crippen molar-refractivity contribution in [3.05, 3.63) is 49.9 Å². The molecule has 0 fully saturated rings. The molecule has 1 aromatic heterocycles. The summed E-state index contributed by atoms with van der Waals surface area (Å²) in [6, 6.07) is 5.08. The van der Waals surface area contributed by atoms with Gasteiger partial charge in [-0.25, -0.2) is 4.98 Å². The van der Waals surface area contributed by atoms with E-state index in [9.17, 15) is 5.11 Å². The van der Waals surface area contributed by atoms with Crippen molar-refractivity contribution in [2.75, 3.05) is 6.54 Å². The molecule has 2 rings (SSSR count). The molecular weight excluding hydrogens is 303 g/mol. The molecule has 19 heavy (non-hydrogen) atoms. The van der Waals surface area contributed by atoms with Crippen molar-refractivity contribution in [3.8, 4) is 0 Å². The summed E-state index contributed by atoms with van der Waals surface area (Å²) in [4.78, 5) is 4.34. The summed E-state index contributed by atoms with van der Waals surface area (Å²) in [6.45, 7) is 3.03. The summed E-state index contributed by atoms with van der Waals surface area (Å²) in [5.41, 5.74) is 1.73. The number of aromatic nitrogens is 1. The zero-order valence-electron chi connectivity index (χ0n) is 10.4. The number of halogens is 2. The number of thiazole rings is 1. The van der Waals surface area contributed by atoms with Crippen molar-refractivity contribution in [3.63, 3.8) is 0 Å². The molecule has 0 saturated heterocycles. The number of rotatable bonds is 5. The van der Waals surface area contributed by atoms with Gasteiger partial charge in [-0.3, -0.25) is 0 Å². The summed E-state index contributed by atoms with van der Waals surface area (Å²) < 4.78 is 0. The Bertz CT molecular complexity index is 539. The standard InChI is InChI=1S/C13H14Cl2N2OS/c1-8-7-19-13(17-8)6-16-5-12(18)9-2-10(14)4-11(15)3-9/h2-4,7,12,16,18H,5-6H2,1H3. The van der Waals surface area contributed by atoms with Crippen LogP contribution in [0.4, 0.5) is 0 Å². The van der Waals surface area contributed by atoms with Crippen LogP contribution in [0, 0.1) is 6.92 Å². The molecule has 0 radical (unpaired) electrons. The van der Waals surface area contributed by atoms with Gasteiger partial charge in [-0.05, 0) is 30.7 Å². The summed E-state index contributed by atoms with van der Waals surface area (Å²) in [5.74, 6) is 0. The van der Waals surface area contributed by atoms with Crippen LogP contribution in [0.2, 0.25) is 10.0 Å². The molecule has 0 bridgehead atoms. The van der Waals surface area contributed by atoms with E-state index in [1.807, 2.05) is 12.3 Å². The van der Waals surface area contributed by atoms with Crippen LogP contribution in [0.25, 0.3) is 0 Å². The maximum Gasteiger partial charge on any atom is 0.107 e.